The van der Waals surface area contributed by atoms with Crippen LogP contribution in [0.25, 0.3) is 0 Å². The second-order valence-corrected chi connectivity index (χ2v) is 6.56. The highest BCUT2D eigenvalue weighted by molar-refractivity contribution is 7.45. The smallest absolute Gasteiger partial charge is 0.466 e. The Morgan fingerprint density at radius 1 is 0.531 bits per heavy atom. The fraction of sp³-hybridized carbons (Fsp3) is 0.143. The number of methoxy groups -OCH3 is 3. The lowest BCUT2D eigenvalue weighted by Crippen LogP contribution is -1.80. The van der Waals surface area contributed by atoms with Crippen LogP contribution < -0.4 is 14.2 Å². The molecule has 10 nitrogen and oxygen atoms in total. The van der Waals surface area contributed by atoms with Gasteiger partial charge in [-0.15, -0.1) is 0 Å². The van der Waals surface area contributed by atoms with Crippen molar-refractivity contribution in [3.05, 3.63) is 72.8 Å². The van der Waals surface area contributed by atoms with E-state index in [4.69, 9.17) is 48.8 Å². The minimum Gasteiger partial charge on any atom is -0.504 e. The molecule has 0 heterocycles. The Morgan fingerprint density at radius 3 is 0.844 bits per heavy atom. The topological polar surface area (TPSA) is 166 Å². The van der Waals surface area contributed by atoms with Gasteiger partial charge in [-0.05, 0) is 36.4 Å². The van der Waals surface area contributed by atoms with E-state index in [-0.39, 0.29) is 17.2 Å². The van der Waals surface area contributed by atoms with Gasteiger partial charge in [0.05, 0.1) is 21.3 Å². The maximum absolute atomic E-state index is 8.99. The first-order chi connectivity index (χ1) is 15.0. The van der Waals surface area contributed by atoms with Crippen LogP contribution in [0, 0.1) is 0 Å². The van der Waals surface area contributed by atoms with Crippen LogP contribution >= 0.6 is 7.82 Å². The third kappa shape index (κ3) is 13.7. The molecule has 0 bridgehead atoms. The minimum absolute atomic E-state index is 0.181. The van der Waals surface area contributed by atoms with Crippen LogP contribution in [0.2, 0.25) is 0 Å². The molecule has 0 unspecified atom stereocenters. The van der Waals surface area contributed by atoms with Gasteiger partial charge in [0.25, 0.3) is 0 Å². The summed E-state index contributed by atoms with van der Waals surface area (Å²) >= 11 is 0. The number of ether oxygens (including phenoxy) is 3. The molecule has 176 valence electrons. The van der Waals surface area contributed by atoms with Gasteiger partial charge in [-0.1, -0.05) is 36.4 Å². The number of phosphoric acid groups is 1. The molecular formula is C21H27O10P. The van der Waals surface area contributed by atoms with E-state index in [1.807, 2.05) is 0 Å². The molecule has 0 aromatic heterocycles. The summed E-state index contributed by atoms with van der Waals surface area (Å²) in [6, 6.07) is 20.5. The van der Waals surface area contributed by atoms with Crippen molar-refractivity contribution in [3.63, 3.8) is 0 Å². The molecule has 0 saturated carbocycles. The van der Waals surface area contributed by atoms with Crippen molar-refractivity contribution >= 4 is 7.82 Å². The van der Waals surface area contributed by atoms with Gasteiger partial charge < -0.3 is 44.2 Å². The maximum atomic E-state index is 8.99. The summed E-state index contributed by atoms with van der Waals surface area (Å²) < 4.78 is 23.3. The van der Waals surface area contributed by atoms with Crippen LogP contribution in [0.4, 0.5) is 0 Å². The fourth-order valence-corrected chi connectivity index (χ4v) is 1.89. The van der Waals surface area contributed by atoms with E-state index < -0.39 is 7.82 Å². The SMILES string of the molecule is COc1ccccc1O.COc1ccccc1O.COc1ccccc1O.O=P(O)(O)O. The Bertz CT molecular complexity index is 842. The molecule has 0 aliphatic rings. The number of phenols is 3. The van der Waals surface area contributed by atoms with Gasteiger partial charge in [-0.3, -0.25) is 0 Å². The van der Waals surface area contributed by atoms with Gasteiger partial charge in [0.2, 0.25) is 0 Å². The van der Waals surface area contributed by atoms with E-state index >= 15 is 0 Å². The van der Waals surface area contributed by atoms with Gasteiger partial charge in [0.1, 0.15) is 0 Å². The number of hydrogen-bond donors (Lipinski definition) is 6. The summed E-state index contributed by atoms with van der Waals surface area (Å²) in [6.07, 6.45) is 0. The monoisotopic (exact) mass is 470 g/mol. The minimum atomic E-state index is -4.64. The zero-order valence-corrected chi connectivity index (χ0v) is 18.6. The first-order valence-electron chi connectivity index (χ1n) is 8.77. The molecule has 32 heavy (non-hydrogen) atoms. The van der Waals surface area contributed by atoms with Crippen LogP contribution in [0.1, 0.15) is 0 Å². The Labute approximate surface area is 185 Å². The van der Waals surface area contributed by atoms with Crippen molar-refractivity contribution in [3.8, 4) is 34.5 Å². The predicted octanol–water partition coefficient (Wildman–Crippen LogP) is 3.27. The quantitative estimate of drug-likeness (QED) is 0.313. The van der Waals surface area contributed by atoms with E-state index in [1.165, 1.54) is 21.3 Å². The van der Waals surface area contributed by atoms with Crippen molar-refractivity contribution < 1.29 is 48.8 Å². The first-order valence-corrected chi connectivity index (χ1v) is 10.3. The average Bonchev–Trinajstić information content (AvgIpc) is 2.75. The number of hydrogen-bond acceptors (Lipinski definition) is 7. The lowest BCUT2D eigenvalue weighted by atomic mass is 10.3. The molecule has 0 aliphatic carbocycles. The molecular weight excluding hydrogens is 443 g/mol. The molecule has 0 amide bonds. The van der Waals surface area contributed by atoms with Crippen molar-refractivity contribution in [2.75, 3.05) is 21.3 Å². The fourth-order valence-electron chi connectivity index (χ4n) is 1.89. The number of aromatic hydroxyl groups is 3. The number of phenolic OH excluding ortho intramolecular Hbond substituents is 3. The standard InChI is InChI=1S/3C7H8O2.H3O4P/c3*1-9-7-5-3-2-4-6(7)8;1-5(2,3)4/h3*2-5,8H,1H3;(H3,1,2,3,4). The summed E-state index contributed by atoms with van der Waals surface area (Å²) in [6.45, 7) is 0. The lowest BCUT2D eigenvalue weighted by Gasteiger charge is -1.99. The molecule has 0 saturated heterocycles. The molecule has 0 atom stereocenters. The van der Waals surface area contributed by atoms with E-state index in [0.29, 0.717) is 17.2 Å². The number of para-hydroxylation sites is 6. The zero-order valence-electron chi connectivity index (χ0n) is 17.7. The molecule has 11 heteroatoms. The van der Waals surface area contributed by atoms with Gasteiger partial charge >= 0.3 is 7.82 Å². The molecule has 3 aromatic rings. The number of rotatable bonds is 3. The van der Waals surface area contributed by atoms with Crippen molar-refractivity contribution in [2.24, 2.45) is 0 Å². The van der Waals surface area contributed by atoms with E-state index in [9.17, 15) is 0 Å². The van der Waals surface area contributed by atoms with E-state index in [2.05, 4.69) is 0 Å². The Morgan fingerprint density at radius 2 is 0.719 bits per heavy atom. The highest BCUT2D eigenvalue weighted by Crippen LogP contribution is 2.26. The first kappa shape index (κ1) is 28.6. The normalized spacial score (nSPS) is 9.44. The van der Waals surface area contributed by atoms with Gasteiger partial charge in [-0.2, -0.15) is 0 Å². The van der Waals surface area contributed by atoms with E-state index in [0.717, 1.165) is 0 Å². The van der Waals surface area contributed by atoms with Crippen LogP contribution in [-0.4, -0.2) is 51.3 Å². The molecule has 0 spiro atoms. The number of benzene rings is 3. The van der Waals surface area contributed by atoms with Crippen molar-refractivity contribution in [1.82, 2.24) is 0 Å². The Balaban J connectivity index is 0.000000410. The average molecular weight is 470 g/mol. The second kappa shape index (κ2) is 15.4. The maximum Gasteiger partial charge on any atom is 0.466 e. The van der Waals surface area contributed by atoms with Crippen LogP contribution in [0.3, 0.4) is 0 Å². The molecule has 0 fully saturated rings. The van der Waals surface area contributed by atoms with Crippen LogP contribution in [-0.2, 0) is 4.57 Å². The molecule has 3 rings (SSSR count). The predicted molar refractivity (Wildman–Crippen MR) is 118 cm³/mol. The van der Waals surface area contributed by atoms with Crippen LogP contribution in [0.15, 0.2) is 72.8 Å². The largest absolute Gasteiger partial charge is 0.504 e. The second-order valence-electron chi connectivity index (χ2n) is 5.53. The third-order valence-corrected chi connectivity index (χ3v) is 3.26. The lowest BCUT2D eigenvalue weighted by molar-refractivity contribution is 0.275. The third-order valence-electron chi connectivity index (χ3n) is 3.26. The summed E-state index contributed by atoms with van der Waals surface area (Å²) in [5, 5.41) is 27.0. The Kier molecular flexibility index (Phi) is 13.7. The Hall–Kier alpha value is -3.43. The van der Waals surface area contributed by atoms with Gasteiger partial charge in [0, 0.05) is 0 Å². The molecule has 0 aliphatic heterocycles. The summed E-state index contributed by atoms with van der Waals surface area (Å²) in [4.78, 5) is 21.6. The van der Waals surface area contributed by atoms with Crippen molar-refractivity contribution in [2.45, 2.75) is 0 Å². The zero-order chi connectivity index (χ0) is 24.6. The van der Waals surface area contributed by atoms with Crippen LogP contribution in [0.5, 0.6) is 34.5 Å². The highest BCUT2D eigenvalue weighted by atomic mass is 31.2. The summed E-state index contributed by atoms with van der Waals surface area (Å²) in [5.74, 6) is 2.08. The van der Waals surface area contributed by atoms with Gasteiger partial charge in [-0.25, -0.2) is 4.57 Å². The van der Waals surface area contributed by atoms with Gasteiger partial charge in [0.15, 0.2) is 34.5 Å². The summed E-state index contributed by atoms with van der Waals surface area (Å²) in [5.41, 5.74) is 0. The highest BCUT2D eigenvalue weighted by Gasteiger charge is 2.00. The summed E-state index contributed by atoms with van der Waals surface area (Å²) in [7, 11) is -0.0703. The molecule has 6 N–H and O–H groups in total. The molecule has 3 aromatic carbocycles. The molecule has 0 radical (unpaired) electrons. The van der Waals surface area contributed by atoms with E-state index in [1.54, 1.807) is 72.8 Å². The van der Waals surface area contributed by atoms with Crippen molar-refractivity contribution in [1.29, 1.82) is 0 Å².